The van der Waals surface area contributed by atoms with Gasteiger partial charge in [0.2, 0.25) is 0 Å². The van der Waals surface area contributed by atoms with Crippen LogP contribution in [0.25, 0.3) is 0 Å². The maximum absolute atomic E-state index is 12.0. The highest BCUT2D eigenvalue weighted by Crippen LogP contribution is 2.25. The lowest BCUT2D eigenvalue weighted by Crippen LogP contribution is -2.22. The van der Waals surface area contributed by atoms with Gasteiger partial charge in [-0.2, -0.15) is 5.10 Å². The molecule has 108 valence electrons. The summed E-state index contributed by atoms with van der Waals surface area (Å²) in [4.78, 5) is 12.0. The molecule has 1 aliphatic rings. The molecule has 1 atom stereocenters. The number of methoxy groups -OCH3 is 1. The van der Waals surface area contributed by atoms with Gasteiger partial charge in [0.15, 0.2) is 0 Å². The minimum Gasteiger partial charge on any atom is -0.496 e. The van der Waals surface area contributed by atoms with Gasteiger partial charge >= 0.3 is 0 Å². The monoisotopic (exact) mass is 338 g/mol. The second-order valence-corrected chi connectivity index (χ2v) is 6.02. The van der Waals surface area contributed by atoms with Crippen molar-refractivity contribution >= 4 is 27.5 Å². The zero-order valence-electron chi connectivity index (χ0n) is 11.8. The Morgan fingerprint density at radius 2 is 2.30 bits per heavy atom. The van der Waals surface area contributed by atoms with Crippen LogP contribution in [0.5, 0.6) is 5.75 Å². The number of nitrogens with one attached hydrogen (secondary N) is 1. The summed E-state index contributed by atoms with van der Waals surface area (Å²) in [7, 11) is 1.59. The van der Waals surface area contributed by atoms with E-state index in [1.807, 2.05) is 0 Å². The average Bonchev–Trinajstić information content (AvgIpc) is 2.44. The zero-order chi connectivity index (χ0) is 14.5. The number of hydrazone groups is 1. The number of carbonyl (C=O) groups is 1. The summed E-state index contributed by atoms with van der Waals surface area (Å²) in [5.41, 5.74) is 4.29. The fourth-order valence-corrected chi connectivity index (χ4v) is 2.91. The number of halogens is 1. The van der Waals surface area contributed by atoms with Crippen LogP contribution in [0.3, 0.4) is 0 Å². The Balaban J connectivity index is 2.01. The normalized spacial score (nSPS) is 20.8. The van der Waals surface area contributed by atoms with E-state index in [0.29, 0.717) is 17.2 Å². The summed E-state index contributed by atoms with van der Waals surface area (Å²) in [6.07, 6.45) is 4.37. The Morgan fingerprint density at radius 3 is 2.95 bits per heavy atom. The van der Waals surface area contributed by atoms with Crippen LogP contribution in [-0.2, 0) is 0 Å². The van der Waals surface area contributed by atoms with Crippen LogP contribution in [0.15, 0.2) is 27.8 Å². The van der Waals surface area contributed by atoms with E-state index in [1.165, 1.54) is 6.42 Å². The predicted octanol–water partition coefficient (Wildman–Crippen LogP) is 3.75. The molecule has 5 heteroatoms. The average molecular weight is 339 g/mol. The van der Waals surface area contributed by atoms with E-state index >= 15 is 0 Å². The van der Waals surface area contributed by atoms with Crippen molar-refractivity contribution in [3.8, 4) is 5.75 Å². The van der Waals surface area contributed by atoms with Crippen molar-refractivity contribution in [2.24, 2.45) is 11.0 Å². The first-order valence-electron chi connectivity index (χ1n) is 6.79. The molecule has 4 nitrogen and oxygen atoms in total. The minimum atomic E-state index is -0.195. The Bertz CT molecular complexity index is 529. The Kier molecular flexibility index (Phi) is 5.17. The van der Waals surface area contributed by atoms with E-state index in [9.17, 15) is 4.79 Å². The number of amides is 1. The van der Waals surface area contributed by atoms with Gasteiger partial charge in [-0.05, 0) is 65.7 Å². The van der Waals surface area contributed by atoms with Crippen molar-refractivity contribution in [2.75, 3.05) is 7.11 Å². The van der Waals surface area contributed by atoms with Gasteiger partial charge in [-0.25, -0.2) is 5.43 Å². The van der Waals surface area contributed by atoms with Gasteiger partial charge in [0, 0.05) is 11.3 Å². The molecule has 1 amide bonds. The van der Waals surface area contributed by atoms with Crippen LogP contribution in [-0.4, -0.2) is 18.7 Å². The van der Waals surface area contributed by atoms with E-state index < -0.39 is 0 Å². The van der Waals surface area contributed by atoms with Gasteiger partial charge in [0.05, 0.1) is 11.6 Å². The lowest BCUT2D eigenvalue weighted by atomic mass is 9.89. The molecule has 1 aliphatic carbocycles. The largest absolute Gasteiger partial charge is 0.496 e. The lowest BCUT2D eigenvalue weighted by molar-refractivity contribution is 0.0954. The number of hydrogen-bond donors (Lipinski definition) is 1. The molecular formula is C15H19BrN2O2. The van der Waals surface area contributed by atoms with Gasteiger partial charge in [0.25, 0.3) is 5.91 Å². The second-order valence-electron chi connectivity index (χ2n) is 5.17. The Labute approximate surface area is 127 Å². The topological polar surface area (TPSA) is 50.7 Å². The van der Waals surface area contributed by atoms with E-state index in [2.05, 4.69) is 33.4 Å². The number of benzene rings is 1. The smallest absolute Gasteiger partial charge is 0.271 e. The van der Waals surface area contributed by atoms with Crippen LogP contribution in [0.1, 0.15) is 43.0 Å². The zero-order valence-corrected chi connectivity index (χ0v) is 13.4. The van der Waals surface area contributed by atoms with Crippen LogP contribution in [0.2, 0.25) is 0 Å². The number of rotatable bonds is 3. The van der Waals surface area contributed by atoms with Crippen LogP contribution >= 0.6 is 15.9 Å². The van der Waals surface area contributed by atoms with E-state index in [4.69, 9.17) is 4.74 Å². The summed E-state index contributed by atoms with van der Waals surface area (Å²) in [6.45, 7) is 2.22. The van der Waals surface area contributed by atoms with Gasteiger partial charge in [0.1, 0.15) is 5.75 Å². The lowest BCUT2D eigenvalue weighted by Gasteiger charge is -2.18. The van der Waals surface area contributed by atoms with E-state index in [0.717, 1.165) is 29.4 Å². The van der Waals surface area contributed by atoms with Crippen molar-refractivity contribution in [1.82, 2.24) is 5.43 Å². The van der Waals surface area contributed by atoms with E-state index in [1.54, 1.807) is 25.3 Å². The molecule has 1 fully saturated rings. The summed E-state index contributed by atoms with van der Waals surface area (Å²) in [6, 6.07) is 5.22. The minimum absolute atomic E-state index is 0.195. The molecule has 1 aromatic carbocycles. The third-order valence-corrected chi connectivity index (χ3v) is 4.10. The number of carbonyl (C=O) groups excluding carboxylic acids is 1. The number of ether oxygens (including phenoxy) is 1. The maximum Gasteiger partial charge on any atom is 0.271 e. The molecule has 0 bridgehead atoms. The number of hydrogen-bond acceptors (Lipinski definition) is 3. The molecule has 1 unspecified atom stereocenters. The first kappa shape index (κ1) is 15.0. The Morgan fingerprint density at radius 1 is 1.50 bits per heavy atom. The van der Waals surface area contributed by atoms with Gasteiger partial charge in [-0.3, -0.25) is 4.79 Å². The van der Waals surface area contributed by atoms with E-state index in [-0.39, 0.29) is 5.91 Å². The van der Waals surface area contributed by atoms with Gasteiger partial charge in [-0.1, -0.05) is 6.92 Å². The standard InChI is InChI=1S/C15H19BrN2O2/c1-10-4-3-5-12(8-10)17-18-15(19)11-6-7-14(20-2)13(16)9-11/h6-7,9-10H,3-5,8H2,1-2H3,(H,18,19)/b17-12-. The van der Waals surface area contributed by atoms with Gasteiger partial charge < -0.3 is 4.74 Å². The quantitative estimate of drug-likeness (QED) is 0.853. The van der Waals surface area contributed by atoms with Crippen LogP contribution in [0, 0.1) is 5.92 Å². The molecule has 0 heterocycles. The fourth-order valence-electron chi connectivity index (χ4n) is 2.36. The summed E-state index contributed by atoms with van der Waals surface area (Å²) in [5.74, 6) is 1.17. The maximum atomic E-state index is 12.0. The molecule has 1 aromatic rings. The highest BCUT2D eigenvalue weighted by Gasteiger charge is 2.14. The number of nitrogens with zero attached hydrogens (tertiary/aromatic N) is 1. The molecule has 0 aromatic heterocycles. The highest BCUT2D eigenvalue weighted by atomic mass is 79.9. The molecule has 1 N–H and O–H groups in total. The highest BCUT2D eigenvalue weighted by molar-refractivity contribution is 9.10. The molecule has 0 saturated heterocycles. The van der Waals surface area contributed by atoms with Crippen LogP contribution < -0.4 is 10.2 Å². The molecule has 0 spiro atoms. The molecule has 2 rings (SSSR count). The van der Waals surface area contributed by atoms with Gasteiger partial charge in [-0.15, -0.1) is 0 Å². The van der Waals surface area contributed by atoms with Crippen molar-refractivity contribution in [2.45, 2.75) is 32.6 Å². The van der Waals surface area contributed by atoms with Crippen molar-refractivity contribution in [3.05, 3.63) is 28.2 Å². The van der Waals surface area contributed by atoms with Crippen molar-refractivity contribution in [1.29, 1.82) is 0 Å². The molecule has 0 aliphatic heterocycles. The molecule has 1 saturated carbocycles. The molecule has 20 heavy (non-hydrogen) atoms. The third-order valence-electron chi connectivity index (χ3n) is 3.48. The summed E-state index contributed by atoms with van der Waals surface area (Å²) in [5, 5.41) is 4.25. The first-order valence-corrected chi connectivity index (χ1v) is 7.58. The van der Waals surface area contributed by atoms with Crippen molar-refractivity contribution in [3.63, 3.8) is 0 Å². The fraction of sp³-hybridized carbons (Fsp3) is 0.467. The third kappa shape index (κ3) is 3.82. The van der Waals surface area contributed by atoms with Crippen molar-refractivity contribution < 1.29 is 9.53 Å². The predicted molar refractivity (Wildman–Crippen MR) is 83.2 cm³/mol. The van der Waals surface area contributed by atoms with Crippen LogP contribution in [0.4, 0.5) is 0 Å². The molecular weight excluding hydrogens is 320 g/mol. The molecule has 0 radical (unpaired) electrons. The SMILES string of the molecule is COc1ccc(C(=O)N/N=C2/CCCC(C)C2)cc1Br. The first-order chi connectivity index (χ1) is 9.60. The Hall–Kier alpha value is -1.36. The summed E-state index contributed by atoms with van der Waals surface area (Å²) < 4.78 is 5.90. The second kappa shape index (κ2) is 6.88. The summed E-state index contributed by atoms with van der Waals surface area (Å²) >= 11 is 3.37.